The van der Waals surface area contributed by atoms with Gasteiger partial charge < -0.3 is 16.8 Å². The fraction of sp³-hybridized carbons (Fsp3) is 0.556. The summed E-state index contributed by atoms with van der Waals surface area (Å²) in [5.74, 6) is 0.0987. The van der Waals surface area contributed by atoms with Crippen molar-refractivity contribution in [2.24, 2.45) is 5.73 Å². The van der Waals surface area contributed by atoms with E-state index in [1.807, 2.05) is 0 Å². The van der Waals surface area contributed by atoms with E-state index < -0.39 is 0 Å². The van der Waals surface area contributed by atoms with Gasteiger partial charge in [0.2, 0.25) is 5.95 Å². The summed E-state index contributed by atoms with van der Waals surface area (Å²) in [6.07, 6.45) is 1.95. The molecule has 0 radical (unpaired) electrons. The van der Waals surface area contributed by atoms with Crippen LogP contribution in [0.25, 0.3) is 0 Å². The van der Waals surface area contributed by atoms with Crippen molar-refractivity contribution in [3.8, 4) is 0 Å². The van der Waals surface area contributed by atoms with Crippen molar-refractivity contribution >= 4 is 11.8 Å². The van der Waals surface area contributed by atoms with Crippen molar-refractivity contribution in [1.82, 2.24) is 9.97 Å². The van der Waals surface area contributed by atoms with E-state index in [9.17, 15) is 4.39 Å². The Hall–Kier alpha value is -1.43. The van der Waals surface area contributed by atoms with Crippen LogP contribution in [0.15, 0.2) is 0 Å². The Kier molecular flexibility index (Phi) is 2.68. The molecule has 2 rings (SSSR count). The SMILES string of the molecule is NCCNc1nc(N)nc(C2CC2)c1F. The van der Waals surface area contributed by atoms with Crippen LogP contribution >= 0.6 is 0 Å². The molecule has 6 heteroatoms. The highest BCUT2D eigenvalue weighted by molar-refractivity contribution is 5.44. The van der Waals surface area contributed by atoms with Gasteiger partial charge in [-0.05, 0) is 12.8 Å². The van der Waals surface area contributed by atoms with Gasteiger partial charge in [0.15, 0.2) is 11.6 Å². The van der Waals surface area contributed by atoms with Crippen LogP contribution in [0.3, 0.4) is 0 Å². The molecule has 1 aliphatic rings. The van der Waals surface area contributed by atoms with Crippen LogP contribution in [0.4, 0.5) is 16.2 Å². The zero-order valence-electron chi connectivity index (χ0n) is 8.33. The number of nitrogen functional groups attached to an aromatic ring is 1. The van der Waals surface area contributed by atoms with Crippen LogP contribution in [0.1, 0.15) is 24.5 Å². The Morgan fingerprint density at radius 1 is 1.40 bits per heavy atom. The average Bonchev–Trinajstić information content (AvgIpc) is 3.02. The van der Waals surface area contributed by atoms with E-state index in [1.54, 1.807) is 0 Å². The van der Waals surface area contributed by atoms with E-state index in [0.29, 0.717) is 18.8 Å². The summed E-state index contributed by atoms with van der Waals surface area (Å²) in [6, 6.07) is 0. The number of nitrogens with zero attached hydrogens (tertiary/aromatic N) is 2. The first kappa shape index (κ1) is 10.1. The second kappa shape index (κ2) is 3.98. The van der Waals surface area contributed by atoms with Gasteiger partial charge in [0.05, 0.1) is 5.69 Å². The van der Waals surface area contributed by atoms with Crippen molar-refractivity contribution in [2.45, 2.75) is 18.8 Å². The van der Waals surface area contributed by atoms with E-state index in [0.717, 1.165) is 12.8 Å². The van der Waals surface area contributed by atoms with E-state index in [2.05, 4.69) is 15.3 Å². The summed E-state index contributed by atoms with van der Waals surface area (Å²) in [5, 5.41) is 2.80. The van der Waals surface area contributed by atoms with Crippen molar-refractivity contribution in [2.75, 3.05) is 24.1 Å². The second-order valence-corrected chi connectivity index (χ2v) is 3.62. The van der Waals surface area contributed by atoms with Gasteiger partial charge in [0.25, 0.3) is 0 Å². The van der Waals surface area contributed by atoms with Gasteiger partial charge in [-0.1, -0.05) is 0 Å². The number of hydrogen-bond acceptors (Lipinski definition) is 5. The van der Waals surface area contributed by atoms with Gasteiger partial charge in [-0.25, -0.2) is 9.37 Å². The molecule has 15 heavy (non-hydrogen) atoms. The molecular formula is C9H14FN5. The predicted molar refractivity (Wildman–Crippen MR) is 55.9 cm³/mol. The quantitative estimate of drug-likeness (QED) is 0.672. The highest BCUT2D eigenvalue weighted by Gasteiger charge is 2.30. The first-order valence-electron chi connectivity index (χ1n) is 4.99. The lowest BCUT2D eigenvalue weighted by Crippen LogP contribution is -2.16. The van der Waals surface area contributed by atoms with Crippen LogP contribution in [-0.2, 0) is 0 Å². The third-order valence-electron chi connectivity index (χ3n) is 2.29. The summed E-state index contributed by atoms with van der Waals surface area (Å²) in [4.78, 5) is 7.73. The van der Waals surface area contributed by atoms with Crippen molar-refractivity contribution < 1.29 is 4.39 Å². The smallest absolute Gasteiger partial charge is 0.222 e. The van der Waals surface area contributed by atoms with Gasteiger partial charge in [0, 0.05) is 19.0 Å². The molecule has 0 unspecified atom stereocenters. The van der Waals surface area contributed by atoms with Crippen molar-refractivity contribution in [1.29, 1.82) is 0 Å². The van der Waals surface area contributed by atoms with E-state index in [4.69, 9.17) is 11.5 Å². The molecular weight excluding hydrogens is 197 g/mol. The fourth-order valence-electron chi connectivity index (χ4n) is 1.42. The van der Waals surface area contributed by atoms with E-state index >= 15 is 0 Å². The van der Waals surface area contributed by atoms with Crippen molar-refractivity contribution in [3.05, 3.63) is 11.5 Å². The molecule has 0 atom stereocenters. The highest BCUT2D eigenvalue weighted by Crippen LogP contribution is 2.41. The molecule has 1 saturated carbocycles. The minimum atomic E-state index is -0.389. The molecule has 0 saturated heterocycles. The molecule has 1 heterocycles. The number of nitrogens with two attached hydrogens (primary N) is 2. The van der Waals surface area contributed by atoms with Crippen molar-refractivity contribution in [3.63, 3.8) is 0 Å². The Morgan fingerprint density at radius 2 is 2.13 bits per heavy atom. The topological polar surface area (TPSA) is 89.8 Å². The van der Waals surface area contributed by atoms with Crippen LogP contribution in [-0.4, -0.2) is 23.1 Å². The normalized spacial score (nSPS) is 15.3. The lowest BCUT2D eigenvalue weighted by Gasteiger charge is -2.08. The molecule has 1 aromatic heterocycles. The molecule has 1 aliphatic carbocycles. The van der Waals surface area contributed by atoms with E-state index in [-0.39, 0.29) is 23.5 Å². The standard InChI is InChI=1S/C9H14FN5/c10-6-7(5-1-2-5)14-9(12)15-8(6)13-4-3-11/h5H,1-4,11H2,(H3,12,13,14,15). The van der Waals surface area contributed by atoms with Crippen LogP contribution in [0.2, 0.25) is 0 Å². The molecule has 1 aromatic rings. The maximum atomic E-state index is 13.8. The monoisotopic (exact) mass is 211 g/mol. The summed E-state index contributed by atoms with van der Waals surface area (Å²) in [6.45, 7) is 0.888. The molecule has 0 aliphatic heterocycles. The number of rotatable bonds is 4. The lowest BCUT2D eigenvalue weighted by molar-refractivity contribution is 0.596. The first-order chi connectivity index (χ1) is 7.22. The second-order valence-electron chi connectivity index (χ2n) is 3.62. The predicted octanol–water partition coefficient (Wildman–Crippen LogP) is 0.446. The molecule has 82 valence electrons. The molecule has 0 bridgehead atoms. The molecule has 1 fully saturated rings. The van der Waals surface area contributed by atoms with Gasteiger partial charge in [-0.15, -0.1) is 0 Å². The van der Waals surface area contributed by atoms with Gasteiger partial charge in [-0.2, -0.15) is 4.98 Å². The van der Waals surface area contributed by atoms with Crippen LogP contribution in [0.5, 0.6) is 0 Å². The summed E-state index contributed by atoms with van der Waals surface area (Å²) < 4.78 is 13.8. The zero-order chi connectivity index (χ0) is 10.8. The average molecular weight is 211 g/mol. The zero-order valence-corrected chi connectivity index (χ0v) is 8.33. The largest absolute Gasteiger partial charge is 0.368 e. The lowest BCUT2D eigenvalue weighted by atomic mass is 10.2. The maximum absolute atomic E-state index is 13.8. The number of nitrogens with one attached hydrogen (secondary N) is 1. The molecule has 5 nitrogen and oxygen atoms in total. The molecule has 0 amide bonds. The van der Waals surface area contributed by atoms with Gasteiger partial charge in [0.1, 0.15) is 0 Å². The third-order valence-corrected chi connectivity index (χ3v) is 2.29. The minimum absolute atomic E-state index is 0.109. The fourth-order valence-corrected chi connectivity index (χ4v) is 1.42. The van der Waals surface area contributed by atoms with Gasteiger partial charge in [-0.3, -0.25) is 0 Å². The molecule has 5 N–H and O–H groups in total. The van der Waals surface area contributed by atoms with Crippen LogP contribution in [0, 0.1) is 5.82 Å². The number of halogens is 1. The Morgan fingerprint density at radius 3 is 2.73 bits per heavy atom. The van der Waals surface area contributed by atoms with Crippen LogP contribution < -0.4 is 16.8 Å². The Labute approximate surface area is 87.1 Å². The first-order valence-corrected chi connectivity index (χ1v) is 4.99. The maximum Gasteiger partial charge on any atom is 0.222 e. The summed E-state index contributed by atoms with van der Waals surface area (Å²) >= 11 is 0. The van der Waals surface area contributed by atoms with E-state index in [1.165, 1.54) is 0 Å². The number of anilines is 2. The molecule has 0 spiro atoms. The third kappa shape index (κ3) is 2.15. The minimum Gasteiger partial charge on any atom is -0.368 e. The highest BCUT2D eigenvalue weighted by atomic mass is 19.1. The summed E-state index contributed by atoms with van der Waals surface area (Å²) in [5.41, 5.74) is 11.3. The molecule has 0 aromatic carbocycles. The summed E-state index contributed by atoms with van der Waals surface area (Å²) in [7, 11) is 0. The Bertz CT molecular complexity index is 364. The Balaban J connectivity index is 2.27. The van der Waals surface area contributed by atoms with Gasteiger partial charge >= 0.3 is 0 Å². The number of hydrogen-bond donors (Lipinski definition) is 3. The number of aromatic nitrogens is 2.